The molecular formula is C20H18F6N2O3S. The van der Waals surface area contributed by atoms with Crippen molar-refractivity contribution < 1.29 is 39.5 Å². The number of hydrogen-bond donors (Lipinski definition) is 2. The molecule has 2 aliphatic heterocycles. The Bertz CT molecular complexity index is 1140. The summed E-state index contributed by atoms with van der Waals surface area (Å²) in [7, 11) is -4.70. The number of benzene rings is 2. The van der Waals surface area contributed by atoms with Crippen LogP contribution in [0.1, 0.15) is 30.4 Å². The van der Waals surface area contributed by atoms with Crippen LogP contribution in [0.5, 0.6) is 5.75 Å². The Morgan fingerprint density at radius 1 is 0.906 bits per heavy atom. The van der Waals surface area contributed by atoms with E-state index in [0.29, 0.717) is 37.2 Å². The monoisotopic (exact) mass is 480 g/mol. The van der Waals surface area contributed by atoms with Crippen LogP contribution < -0.4 is 15.4 Å². The SMILES string of the molecule is O=S1(=O)c2cc(C(F)(F)F)ccc2Nc2c(O[C@@H]3CCCCNC3)cc(C(F)(F)F)cc21. The van der Waals surface area contributed by atoms with Crippen LogP contribution in [0.4, 0.5) is 37.7 Å². The first-order valence-corrected chi connectivity index (χ1v) is 11.2. The first kappa shape index (κ1) is 22.7. The Balaban J connectivity index is 1.86. The molecule has 2 N–H and O–H groups in total. The number of sulfone groups is 1. The maximum Gasteiger partial charge on any atom is 0.416 e. The molecule has 0 radical (unpaired) electrons. The predicted molar refractivity (Wildman–Crippen MR) is 103 cm³/mol. The van der Waals surface area contributed by atoms with Crippen LogP contribution in [0.2, 0.25) is 0 Å². The average Bonchev–Trinajstić information content (AvgIpc) is 2.95. The van der Waals surface area contributed by atoms with Gasteiger partial charge in [-0.1, -0.05) is 0 Å². The van der Waals surface area contributed by atoms with E-state index in [0.717, 1.165) is 25.5 Å². The largest absolute Gasteiger partial charge is 0.487 e. The highest BCUT2D eigenvalue weighted by atomic mass is 32.2. The smallest absolute Gasteiger partial charge is 0.416 e. The van der Waals surface area contributed by atoms with Crippen LogP contribution in [-0.2, 0) is 22.2 Å². The van der Waals surface area contributed by atoms with Crippen molar-refractivity contribution in [1.82, 2.24) is 5.32 Å². The van der Waals surface area contributed by atoms with Gasteiger partial charge in [0.1, 0.15) is 17.5 Å². The minimum Gasteiger partial charge on any atom is -0.487 e. The second kappa shape index (κ2) is 7.84. The van der Waals surface area contributed by atoms with Crippen LogP contribution in [-0.4, -0.2) is 27.6 Å². The molecule has 1 fully saturated rings. The summed E-state index contributed by atoms with van der Waals surface area (Å²) in [5.74, 6) is -0.322. The standard InChI is InChI=1S/C20H18F6N2O3S/c21-19(22,23)11-4-5-14-16(8-11)32(29,30)17-9-12(20(24,25)26)7-15(18(17)28-14)31-13-3-1-2-6-27-10-13/h4-5,7-9,13,27-28H,1-3,6,10H2/t13-/m1/s1. The first-order valence-electron chi connectivity index (χ1n) is 9.73. The molecule has 2 aromatic carbocycles. The van der Waals surface area contributed by atoms with Crippen molar-refractivity contribution in [1.29, 1.82) is 0 Å². The quantitative estimate of drug-likeness (QED) is 0.498. The molecule has 2 aliphatic rings. The lowest BCUT2D eigenvalue weighted by molar-refractivity contribution is -0.138. The number of fused-ring (bicyclic) bond motifs is 2. The summed E-state index contributed by atoms with van der Waals surface area (Å²) in [6.07, 6.45) is -8.02. The molecule has 0 saturated carbocycles. The van der Waals surface area contributed by atoms with Crippen LogP contribution in [0.3, 0.4) is 0 Å². The van der Waals surface area contributed by atoms with E-state index in [9.17, 15) is 34.8 Å². The number of hydrogen-bond acceptors (Lipinski definition) is 5. The van der Waals surface area contributed by atoms with Crippen LogP contribution in [0.15, 0.2) is 40.1 Å². The predicted octanol–water partition coefficient (Wildman–Crippen LogP) is 5.13. The summed E-state index contributed by atoms with van der Waals surface area (Å²) in [5.41, 5.74) is -2.89. The van der Waals surface area contributed by atoms with E-state index >= 15 is 0 Å². The second-order valence-corrected chi connectivity index (χ2v) is 9.51. The molecule has 32 heavy (non-hydrogen) atoms. The fraction of sp³-hybridized carbons (Fsp3) is 0.400. The minimum absolute atomic E-state index is 0.172. The number of anilines is 2. The van der Waals surface area contributed by atoms with Gasteiger partial charge in [-0.3, -0.25) is 0 Å². The molecule has 0 unspecified atom stereocenters. The zero-order valence-corrected chi connectivity index (χ0v) is 17.2. The molecule has 0 aromatic heterocycles. The van der Waals surface area contributed by atoms with E-state index in [2.05, 4.69) is 10.6 Å². The lowest BCUT2D eigenvalue weighted by atomic mass is 10.1. The minimum atomic E-state index is -4.89. The van der Waals surface area contributed by atoms with Gasteiger partial charge in [0.05, 0.1) is 26.6 Å². The van der Waals surface area contributed by atoms with E-state index in [-0.39, 0.29) is 17.1 Å². The molecule has 0 amide bonds. The molecular weight excluding hydrogens is 462 g/mol. The van der Waals surface area contributed by atoms with E-state index < -0.39 is 49.2 Å². The van der Waals surface area contributed by atoms with Crippen molar-refractivity contribution >= 4 is 21.2 Å². The highest BCUT2D eigenvalue weighted by molar-refractivity contribution is 7.92. The summed E-state index contributed by atoms with van der Waals surface area (Å²) >= 11 is 0. The van der Waals surface area contributed by atoms with Crippen LogP contribution in [0, 0.1) is 0 Å². The second-order valence-electron chi connectivity index (χ2n) is 7.62. The van der Waals surface area contributed by atoms with Gasteiger partial charge < -0.3 is 15.4 Å². The fourth-order valence-electron chi connectivity index (χ4n) is 3.73. The summed E-state index contributed by atoms with van der Waals surface area (Å²) in [5, 5.41) is 5.77. The Hall–Kier alpha value is -2.47. The third kappa shape index (κ3) is 4.25. The van der Waals surface area contributed by atoms with E-state index in [4.69, 9.17) is 4.74 Å². The molecule has 2 aromatic rings. The highest BCUT2D eigenvalue weighted by Gasteiger charge is 2.40. The van der Waals surface area contributed by atoms with Gasteiger partial charge in [0.15, 0.2) is 0 Å². The molecule has 1 atom stereocenters. The van der Waals surface area contributed by atoms with E-state index in [1.54, 1.807) is 0 Å². The summed E-state index contributed by atoms with van der Waals surface area (Å²) in [6.45, 7) is 1.09. The zero-order chi connectivity index (χ0) is 23.3. The Kier molecular flexibility index (Phi) is 5.56. The maximum absolute atomic E-state index is 13.5. The molecule has 1 saturated heterocycles. The van der Waals surface area contributed by atoms with Gasteiger partial charge in [-0.15, -0.1) is 0 Å². The van der Waals surface area contributed by atoms with Crippen molar-refractivity contribution in [3.05, 3.63) is 41.5 Å². The van der Waals surface area contributed by atoms with E-state index in [1.165, 1.54) is 0 Å². The Morgan fingerprint density at radius 3 is 2.28 bits per heavy atom. The van der Waals surface area contributed by atoms with Gasteiger partial charge in [0, 0.05) is 6.54 Å². The lowest BCUT2D eigenvalue weighted by Crippen LogP contribution is -2.30. The molecule has 0 aliphatic carbocycles. The van der Waals surface area contributed by atoms with Gasteiger partial charge in [-0.2, -0.15) is 26.3 Å². The number of halogens is 6. The van der Waals surface area contributed by atoms with Gasteiger partial charge >= 0.3 is 12.4 Å². The number of nitrogens with one attached hydrogen (secondary N) is 2. The van der Waals surface area contributed by atoms with Gasteiger partial charge in [-0.25, -0.2) is 8.42 Å². The van der Waals surface area contributed by atoms with Gasteiger partial charge in [-0.05, 0) is 56.1 Å². The number of rotatable bonds is 2. The first-order chi connectivity index (χ1) is 14.9. The molecule has 2 heterocycles. The van der Waals surface area contributed by atoms with Crippen LogP contribution in [0.25, 0.3) is 0 Å². The zero-order valence-electron chi connectivity index (χ0n) is 16.4. The Labute approximate surface area is 179 Å². The number of alkyl halides is 6. The molecule has 0 spiro atoms. The molecule has 174 valence electrons. The summed E-state index contributed by atoms with van der Waals surface area (Å²) < 4.78 is 112. The van der Waals surface area contributed by atoms with Gasteiger partial charge in [0.2, 0.25) is 9.84 Å². The van der Waals surface area contributed by atoms with Crippen molar-refractivity contribution in [3.63, 3.8) is 0 Å². The molecule has 4 rings (SSSR count). The van der Waals surface area contributed by atoms with Gasteiger partial charge in [0.25, 0.3) is 0 Å². The summed E-state index contributed by atoms with van der Waals surface area (Å²) in [6, 6.07) is 3.18. The molecule has 0 bridgehead atoms. The highest BCUT2D eigenvalue weighted by Crippen LogP contribution is 2.48. The van der Waals surface area contributed by atoms with Crippen molar-refractivity contribution in [2.24, 2.45) is 0 Å². The van der Waals surface area contributed by atoms with Crippen molar-refractivity contribution in [2.45, 2.75) is 47.5 Å². The third-order valence-corrected chi connectivity index (χ3v) is 7.15. The normalized spacial score (nSPS) is 20.5. The third-order valence-electron chi connectivity index (χ3n) is 5.34. The summed E-state index contributed by atoms with van der Waals surface area (Å²) in [4.78, 5) is -1.53. The van der Waals surface area contributed by atoms with E-state index in [1.807, 2.05) is 0 Å². The fourth-order valence-corrected chi connectivity index (χ4v) is 5.36. The maximum atomic E-state index is 13.5. The average molecular weight is 480 g/mol. The number of ether oxygens (including phenoxy) is 1. The van der Waals surface area contributed by atoms with Crippen molar-refractivity contribution in [2.75, 3.05) is 18.4 Å². The molecule has 12 heteroatoms. The topological polar surface area (TPSA) is 67.4 Å². The van der Waals surface area contributed by atoms with Crippen LogP contribution >= 0.6 is 0 Å². The van der Waals surface area contributed by atoms with Crippen molar-refractivity contribution in [3.8, 4) is 5.75 Å². The lowest BCUT2D eigenvalue weighted by Gasteiger charge is -2.27. The molecule has 5 nitrogen and oxygen atoms in total. The Morgan fingerprint density at radius 2 is 1.59 bits per heavy atom.